The van der Waals surface area contributed by atoms with Gasteiger partial charge >= 0.3 is 5.97 Å². The van der Waals surface area contributed by atoms with Gasteiger partial charge in [-0.25, -0.2) is 0 Å². The molecule has 0 fully saturated rings. The Kier molecular flexibility index (Phi) is 5.38. The molecule has 0 saturated carbocycles. The van der Waals surface area contributed by atoms with Gasteiger partial charge < -0.3 is 14.9 Å². The van der Waals surface area contributed by atoms with E-state index in [9.17, 15) is 9.59 Å². The van der Waals surface area contributed by atoms with Crippen LogP contribution < -0.4 is 10.5 Å². The molecule has 1 amide bonds. The summed E-state index contributed by atoms with van der Waals surface area (Å²) in [6.07, 6.45) is 1.16. The number of ether oxygens (including phenoxy) is 1. The summed E-state index contributed by atoms with van der Waals surface area (Å²) in [5.41, 5.74) is 6.33. The first kappa shape index (κ1) is 17.3. The molecule has 0 aliphatic heterocycles. The third-order valence-corrected chi connectivity index (χ3v) is 3.61. The lowest BCUT2D eigenvalue weighted by Crippen LogP contribution is -2.12. The minimum absolute atomic E-state index is 0.184. The Labute approximate surface area is 149 Å². The Bertz CT molecular complexity index is 906. The monoisotopic (exact) mass is 351 g/mol. The molecule has 0 spiro atoms. The SMILES string of the molecule is NC(=O)c1cccc(OC(=O)CCCc2nnc(-c3ccccc3)o2)c1. The Hall–Kier alpha value is -3.48. The van der Waals surface area contributed by atoms with Crippen LogP contribution in [0.5, 0.6) is 5.75 Å². The quantitative estimate of drug-likeness (QED) is 0.518. The Morgan fingerprint density at radius 2 is 1.85 bits per heavy atom. The van der Waals surface area contributed by atoms with E-state index in [-0.39, 0.29) is 17.7 Å². The number of nitrogens with two attached hydrogens (primary N) is 1. The molecule has 1 aromatic heterocycles. The fraction of sp³-hybridized carbons (Fsp3) is 0.158. The Morgan fingerprint density at radius 1 is 1.04 bits per heavy atom. The van der Waals surface area contributed by atoms with Gasteiger partial charge in [0.15, 0.2) is 0 Å². The molecule has 0 saturated heterocycles. The fourth-order valence-corrected chi connectivity index (χ4v) is 2.33. The van der Waals surface area contributed by atoms with Crippen molar-refractivity contribution < 1.29 is 18.7 Å². The Morgan fingerprint density at radius 3 is 2.62 bits per heavy atom. The topological polar surface area (TPSA) is 108 Å². The van der Waals surface area contributed by atoms with Gasteiger partial charge in [-0.2, -0.15) is 0 Å². The number of aromatic nitrogens is 2. The van der Waals surface area contributed by atoms with E-state index in [4.69, 9.17) is 14.9 Å². The van der Waals surface area contributed by atoms with E-state index >= 15 is 0 Å². The fourth-order valence-electron chi connectivity index (χ4n) is 2.33. The molecule has 2 aromatic carbocycles. The van der Waals surface area contributed by atoms with E-state index in [0.717, 1.165) is 5.56 Å². The summed E-state index contributed by atoms with van der Waals surface area (Å²) in [7, 11) is 0. The number of carbonyl (C=O) groups is 2. The van der Waals surface area contributed by atoms with Gasteiger partial charge in [0.25, 0.3) is 0 Å². The number of primary amides is 1. The maximum Gasteiger partial charge on any atom is 0.311 e. The van der Waals surface area contributed by atoms with E-state index < -0.39 is 11.9 Å². The molecule has 0 unspecified atom stereocenters. The van der Waals surface area contributed by atoms with Crippen molar-refractivity contribution in [3.8, 4) is 17.2 Å². The van der Waals surface area contributed by atoms with E-state index in [2.05, 4.69) is 10.2 Å². The van der Waals surface area contributed by atoms with Crippen LogP contribution in [0.25, 0.3) is 11.5 Å². The molecule has 3 rings (SSSR count). The molecule has 26 heavy (non-hydrogen) atoms. The van der Waals surface area contributed by atoms with Gasteiger partial charge in [-0.15, -0.1) is 10.2 Å². The van der Waals surface area contributed by atoms with E-state index in [1.807, 2.05) is 30.3 Å². The van der Waals surface area contributed by atoms with E-state index in [0.29, 0.717) is 24.6 Å². The molecule has 3 aromatic rings. The van der Waals surface area contributed by atoms with E-state index in [1.165, 1.54) is 6.07 Å². The number of amides is 1. The lowest BCUT2D eigenvalue weighted by atomic mass is 10.2. The molecule has 1 heterocycles. The van der Waals surface area contributed by atoms with Crippen molar-refractivity contribution >= 4 is 11.9 Å². The highest BCUT2D eigenvalue weighted by Crippen LogP contribution is 2.18. The van der Waals surface area contributed by atoms with Crippen LogP contribution in [-0.4, -0.2) is 22.1 Å². The second kappa shape index (κ2) is 8.06. The summed E-state index contributed by atoms with van der Waals surface area (Å²) < 4.78 is 10.8. The zero-order chi connectivity index (χ0) is 18.4. The summed E-state index contributed by atoms with van der Waals surface area (Å²) in [5, 5.41) is 7.99. The first-order chi connectivity index (χ1) is 12.6. The van der Waals surface area contributed by atoms with Crippen LogP contribution in [0.2, 0.25) is 0 Å². The molecular formula is C19H17N3O4. The maximum absolute atomic E-state index is 11.9. The third kappa shape index (κ3) is 4.54. The summed E-state index contributed by atoms with van der Waals surface area (Å²) in [6.45, 7) is 0. The van der Waals surface area contributed by atoms with Crippen LogP contribution in [0.4, 0.5) is 0 Å². The van der Waals surface area contributed by atoms with Crippen LogP contribution in [0, 0.1) is 0 Å². The molecule has 7 heteroatoms. The lowest BCUT2D eigenvalue weighted by Gasteiger charge is -2.04. The molecule has 0 aliphatic rings. The highest BCUT2D eigenvalue weighted by molar-refractivity contribution is 5.93. The number of esters is 1. The van der Waals surface area contributed by atoms with Gasteiger partial charge in [-0.3, -0.25) is 9.59 Å². The average molecular weight is 351 g/mol. The number of nitrogens with zero attached hydrogens (tertiary/aromatic N) is 2. The van der Waals surface area contributed by atoms with Crippen LogP contribution in [0.1, 0.15) is 29.1 Å². The van der Waals surface area contributed by atoms with Crippen LogP contribution in [0.3, 0.4) is 0 Å². The number of benzene rings is 2. The van der Waals surface area contributed by atoms with Crippen molar-refractivity contribution in [2.24, 2.45) is 5.73 Å². The first-order valence-corrected chi connectivity index (χ1v) is 8.10. The number of carbonyl (C=O) groups excluding carboxylic acids is 2. The number of hydrogen-bond donors (Lipinski definition) is 1. The first-order valence-electron chi connectivity index (χ1n) is 8.10. The number of hydrogen-bond acceptors (Lipinski definition) is 6. The van der Waals surface area contributed by atoms with Crippen LogP contribution in [-0.2, 0) is 11.2 Å². The van der Waals surface area contributed by atoms with Gasteiger partial charge in [0.05, 0.1) is 0 Å². The lowest BCUT2D eigenvalue weighted by molar-refractivity contribution is -0.134. The second-order valence-corrected chi connectivity index (χ2v) is 5.59. The van der Waals surface area contributed by atoms with Crippen molar-refractivity contribution in [1.29, 1.82) is 0 Å². The van der Waals surface area contributed by atoms with Crippen molar-refractivity contribution in [2.45, 2.75) is 19.3 Å². The van der Waals surface area contributed by atoms with Gasteiger partial charge in [-0.1, -0.05) is 24.3 Å². The van der Waals surface area contributed by atoms with Crippen molar-refractivity contribution in [2.75, 3.05) is 0 Å². The highest BCUT2D eigenvalue weighted by Gasteiger charge is 2.11. The third-order valence-electron chi connectivity index (χ3n) is 3.61. The largest absolute Gasteiger partial charge is 0.427 e. The summed E-state index contributed by atoms with van der Waals surface area (Å²) >= 11 is 0. The minimum atomic E-state index is -0.575. The average Bonchev–Trinajstić information content (AvgIpc) is 3.11. The van der Waals surface area contributed by atoms with Gasteiger partial charge in [0.2, 0.25) is 17.7 Å². The van der Waals surface area contributed by atoms with Gasteiger partial charge in [-0.05, 0) is 36.8 Å². The van der Waals surface area contributed by atoms with Crippen LogP contribution in [0.15, 0.2) is 59.0 Å². The molecule has 2 N–H and O–H groups in total. The maximum atomic E-state index is 11.9. The van der Waals surface area contributed by atoms with Gasteiger partial charge in [0, 0.05) is 24.0 Å². The smallest absolute Gasteiger partial charge is 0.311 e. The zero-order valence-corrected chi connectivity index (χ0v) is 13.9. The van der Waals surface area contributed by atoms with E-state index in [1.54, 1.807) is 18.2 Å². The standard InChI is InChI=1S/C19H17N3O4/c20-18(24)14-8-4-9-15(12-14)25-17(23)11-5-10-16-21-22-19(26-16)13-6-2-1-3-7-13/h1-4,6-9,12H,5,10-11H2,(H2,20,24). The van der Waals surface area contributed by atoms with Gasteiger partial charge in [0.1, 0.15) is 5.75 Å². The minimum Gasteiger partial charge on any atom is -0.427 e. The highest BCUT2D eigenvalue weighted by atomic mass is 16.5. The molecule has 132 valence electrons. The van der Waals surface area contributed by atoms with Crippen molar-refractivity contribution in [1.82, 2.24) is 10.2 Å². The molecule has 0 atom stereocenters. The Balaban J connectivity index is 1.49. The number of aryl methyl sites for hydroxylation is 1. The predicted molar refractivity (Wildman–Crippen MR) is 93.3 cm³/mol. The molecular weight excluding hydrogens is 334 g/mol. The van der Waals surface area contributed by atoms with Crippen LogP contribution >= 0.6 is 0 Å². The molecule has 0 bridgehead atoms. The summed E-state index contributed by atoms with van der Waals surface area (Å²) in [5.74, 6) is 0.220. The molecule has 0 radical (unpaired) electrons. The summed E-state index contributed by atoms with van der Waals surface area (Å²) in [6, 6.07) is 15.6. The second-order valence-electron chi connectivity index (χ2n) is 5.59. The molecule has 0 aliphatic carbocycles. The summed E-state index contributed by atoms with van der Waals surface area (Å²) in [4.78, 5) is 23.0. The van der Waals surface area contributed by atoms with Crippen molar-refractivity contribution in [3.63, 3.8) is 0 Å². The predicted octanol–water partition coefficient (Wildman–Crippen LogP) is 2.76. The normalized spacial score (nSPS) is 10.5. The number of rotatable bonds is 7. The van der Waals surface area contributed by atoms with Crippen molar-refractivity contribution in [3.05, 3.63) is 66.1 Å². The molecule has 7 nitrogen and oxygen atoms in total. The zero-order valence-electron chi connectivity index (χ0n) is 13.9.